The van der Waals surface area contributed by atoms with Gasteiger partial charge in [-0.1, -0.05) is 121 Å². The van der Waals surface area contributed by atoms with Gasteiger partial charge in [0.15, 0.2) is 0 Å². The summed E-state index contributed by atoms with van der Waals surface area (Å²) in [4.78, 5) is 9.84. The van der Waals surface area contributed by atoms with Crippen LogP contribution in [-0.2, 0) is 0 Å². The monoisotopic (exact) mass is 582 g/mol. The first-order valence-electron chi connectivity index (χ1n) is 14.6. The Kier molecular flexibility index (Phi) is 6.67. The van der Waals surface area contributed by atoms with Crippen molar-refractivity contribution in [2.24, 2.45) is 0 Å². The van der Waals surface area contributed by atoms with E-state index >= 15 is 0 Å². The fourth-order valence-corrected chi connectivity index (χ4v) is 6.91. The molecule has 0 saturated heterocycles. The second kappa shape index (κ2) is 11.3. The number of hydrogen-bond acceptors (Lipinski definition) is 4. The number of rotatable bonds is 6. The Balaban J connectivity index is 1.21. The summed E-state index contributed by atoms with van der Waals surface area (Å²) in [6.07, 6.45) is 0. The molecule has 0 aliphatic rings. The van der Waals surface area contributed by atoms with Crippen molar-refractivity contribution in [3.63, 3.8) is 0 Å². The largest absolute Gasteiger partial charge is 0.421 e. The van der Waals surface area contributed by atoms with Gasteiger partial charge in [-0.3, -0.25) is 0 Å². The van der Waals surface area contributed by atoms with Gasteiger partial charge in [0.05, 0.1) is 11.4 Å². The minimum atomic E-state index is 0.497. The van der Waals surface area contributed by atoms with Gasteiger partial charge in [0, 0.05) is 43.4 Å². The average Bonchev–Trinajstić information content (AvgIpc) is 3.48. The van der Waals surface area contributed by atoms with E-state index in [0.29, 0.717) is 11.8 Å². The van der Waals surface area contributed by atoms with Crippen LogP contribution in [0.25, 0.3) is 64.9 Å². The first-order chi connectivity index (χ1) is 21.8. The number of benzene rings is 5. The molecule has 0 saturated carbocycles. The van der Waals surface area contributed by atoms with Gasteiger partial charge in [-0.25, -0.2) is 9.97 Å². The van der Waals surface area contributed by atoms with Crippen LogP contribution < -0.4 is 4.74 Å². The third-order valence-electron chi connectivity index (χ3n) is 7.78. The maximum absolute atomic E-state index is 6.43. The zero-order valence-corrected chi connectivity index (χ0v) is 24.5. The number of thiophene rings is 1. The highest BCUT2D eigenvalue weighted by Crippen LogP contribution is 2.41. The lowest BCUT2D eigenvalue weighted by molar-refractivity contribution is 0.446. The van der Waals surface area contributed by atoms with Crippen LogP contribution in [0.15, 0.2) is 158 Å². The Bertz CT molecular complexity index is 2260. The molecule has 0 N–H and O–H groups in total. The molecule has 0 aliphatic heterocycles. The Morgan fingerprint density at radius 1 is 0.409 bits per heavy atom. The van der Waals surface area contributed by atoms with Gasteiger partial charge in [0.1, 0.15) is 0 Å². The number of fused-ring (bicyclic) bond motifs is 3. The first-order valence-corrected chi connectivity index (χ1v) is 15.4. The van der Waals surface area contributed by atoms with Gasteiger partial charge in [-0.15, -0.1) is 11.3 Å². The molecule has 0 amide bonds. The van der Waals surface area contributed by atoms with Crippen molar-refractivity contribution in [1.29, 1.82) is 0 Å². The van der Waals surface area contributed by atoms with Crippen LogP contribution in [0.2, 0.25) is 0 Å². The SMILES string of the molecule is c1ccc(-c2cccc(-c3cccc(Oc4cc(-c5cccc6c5sc5ccccc56)cc(-c5ccccc5)n4)n3)c2)cc1. The van der Waals surface area contributed by atoms with Crippen molar-refractivity contribution in [2.45, 2.75) is 0 Å². The summed E-state index contributed by atoms with van der Waals surface area (Å²) in [7, 11) is 0. The molecule has 0 fully saturated rings. The molecule has 208 valence electrons. The van der Waals surface area contributed by atoms with E-state index in [2.05, 4.69) is 109 Å². The van der Waals surface area contributed by atoms with Gasteiger partial charge in [0.2, 0.25) is 11.8 Å². The van der Waals surface area contributed by atoms with Crippen LogP contribution in [0.5, 0.6) is 11.8 Å². The van der Waals surface area contributed by atoms with Gasteiger partial charge >= 0.3 is 0 Å². The summed E-state index contributed by atoms with van der Waals surface area (Å²) in [5.74, 6) is 0.999. The molecule has 5 aromatic carbocycles. The Hall–Kier alpha value is -5.58. The van der Waals surface area contributed by atoms with Gasteiger partial charge in [-0.2, -0.15) is 0 Å². The standard InChI is InChI=1S/C40H26N2OS/c1-3-12-27(13-4-1)29-16-9-17-30(24-29)35-21-11-23-38(41-35)43-39-26-31(25-36(42-39)28-14-5-2-6-15-28)32-19-10-20-34-33-18-7-8-22-37(33)44-40(32)34/h1-26H. The van der Waals surface area contributed by atoms with Crippen molar-refractivity contribution in [3.05, 3.63) is 158 Å². The zero-order valence-electron chi connectivity index (χ0n) is 23.7. The number of aromatic nitrogens is 2. The third-order valence-corrected chi connectivity index (χ3v) is 9.00. The van der Waals surface area contributed by atoms with Crippen LogP contribution in [0, 0.1) is 0 Å². The normalized spacial score (nSPS) is 11.2. The fourth-order valence-electron chi connectivity index (χ4n) is 5.67. The molecule has 44 heavy (non-hydrogen) atoms. The predicted octanol–water partition coefficient (Wildman–Crippen LogP) is 11.3. The summed E-state index contributed by atoms with van der Waals surface area (Å²) < 4.78 is 8.96. The molecule has 3 nitrogen and oxygen atoms in total. The van der Waals surface area contributed by atoms with E-state index in [4.69, 9.17) is 14.7 Å². The molecule has 8 aromatic rings. The summed E-state index contributed by atoms with van der Waals surface area (Å²) in [5, 5.41) is 2.54. The van der Waals surface area contributed by atoms with Crippen LogP contribution >= 0.6 is 11.3 Å². The van der Waals surface area contributed by atoms with Gasteiger partial charge in [0.25, 0.3) is 0 Å². The number of pyridine rings is 2. The molecule has 0 aliphatic carbocycles. The third kappa shape index (κ3) is 5.02. The first kappa shape index (κ1) is 26.1. The number of hydrogen-bond donors (Lipinski definition) is 0. The van der Waals surface area contributed by atoms with E-state index < -0.39 is 0 Å². The summed E-state index contributed by atoms with van der Waals surface area (Å²) >= 11 is 1.82. The zero-order chi connectivity index (χ0) is 29.3. The summed E-state index contributed by atoms with van der Waals surface area (Å²) in [5.41, 5.74) is 8.28. The van der Waals surface area contributed by atoms with Crippen molar-refractivity contribution < 1.29 is 4.74 Å². The molecular formula is C40H26N2OS. The molecule has 4 heteroatoms. The lowest BCUT2D eigenvalue weighted by atomic mass is 10.0. The molecule has 3 heterocycles. The molecule has 8 rings (SSSR count). The van der Waals surface area contributed by atoms with E-state index in [-0.39, 0.29) is 0 Å². The van der Waals surface area contributed by atoms with Crippen molar-refractivity contribution in [3.8, 4) is 56.5 Å². The predicted molar refractivity (Wildman–Crippen MR) is 183 cm³/mol. The topological polar surface area (TPSA) is 35.0 Å². The quantitative estimate of drug-likeness (QED) is 0.196. The second-order valence-corrected chi connectivity index (χ2v) is 11.7. The molecular weight excluding hydrogens is 557 g/mol. The highest BCUT2D eigenvalue weighted by molar-refractivity contribution is 7.26. The van der Waals surface area contributed by atoms with Crippen LogP contribution in [0.1, 0.15) is 0 Å². The average molecular weight is 583 g/mol. The Morgan fingerprint density at radius 3 is 1.93 bits per heavy atom. The number of nitrogens with zero attached hydrogens (tertiary/aromatic N) is 2. The molecule has 0 bridgehead atoms. The van der Waals surface area contributed by atoms with Crippen LogP contribution in [0.4, 0.5) is 0 Å². The van der Waals surface area contributed by atoms with Crippen molar-refractivity contribution in [1.82, 2.24) is 9.97 Å². The molecule has 0 unspecified atom stereocenters. The van der Waals surface area contributed by atoms with E-state index in [9.17, 15) is 0 Å². The number of ether oxygens (including phenoxy) is 1. The molecule has 0 atom stereocenters. The fraction of sp³-hybridized carbons (Fsp3) is 0. The minimum Gasteiger partial charge on any atom is -0.421 e. The van der Waals surface area contributed by atoms with E-state index in [1.54, 1.807) is 0 Å². The molecule has 3 aromatic heterocycles. The maximum Gasteiger partial charge on any atom is 0.222 e. The van der Waals surface area contributed by atoms with E-state index in [1.807, 2.05) is 59.9 Å². The lowest BCUT2D eigenvalue weighted by Gasteiger charge is -2.12. The Morgan fingerprint density at radius 2 is 1.07 bits per heavy atom. The summed E-state index contributed by atoms with van der Waals surface area (Å²) in [6.45, 7) is 0. The lowest BCUT2D eigenvalue weighted by Crippen LogP contribution is -1.95. The van der Waals surface area contributed by atoms with Gasteiger partial charge in [-0.05, 0) is 46.5 Å². The second-order valence-electron chi connectivity index (χ2n) is 10.6. The van der Waals surface area contributed by atoms with Crippen LogP contribution in [0.3, 0.4) is 0 Å². The minimum absolute atomic E-state index is 0.497. The Labute approximate surface area is 259 Å². The van der Waals surface area contributed by atoms with Crippen molar-refractivity contribution in [2.75, 3.05) is 0 Å². The van der Waals surface area contributed by atoms with E-state index in [1.165, 1.54) is 25.7 Å². The van der Waals surface area contributed by atoms with Gasteiger partial charge < -0.3 is 4.74 Å². The molecule has 0 radical (unpaired) electrons. The maximum atomic E-state index is 6.43. The smallest absolute Gasteiger partial charge is 0.222 e. The highest BCUT2D eigenvalue weighted by atomic mass is 32.1. The van der Waals surface area contributed by atoms with E-state index in [0.717, 1.165) is 39.2 Å². The van der Waals surface area contributed by atoms with Crippen molar-refractivity contribution >= 4 is 31.5 Å². The highest BCUT2D eigenvalue weighted by Gasteiger charge is 2.14. The molecule has 0 spiro atoms. The summed E-state index contributed by atoms with van der Waals surface area (Å²) in [6, 6.07) is 54.2. The van der Waals surface area contributed by atoms with Crippen LogP contribution in [-0.4, -0.2) is 9.97 Å².